The van der Waals surface area contributed by atoms with Crippen LogP contribution in [0.5, 0.6) is 0 Å². The van der Waals surface area contributed by atoms with Gasteiger partial charge in [0.25, 0.3) is 0 Å². The van der Waals surface area contributed by atoms with E-state index in [0.29, 0.717) is 23.2 Å². The second-order valence-corrected chi connectivity index (χ2v) is 4.45. The van der Waals surface area contributed by atoms with Crippen molar-refractivity contribution < 1.29 is 4.39 Å². The Kier molecular flexibility index (Phi) is 5.78. The summed E-state index contributed by atoms with van der Waals surface area (Å²) in [5, 5.41) is 3.94. The Morgan fingerprint density at radius 2 is 2.12 bits per heavy atom. The van der Waals surface area contributed by atoms with Crippen LogP contribution in [-0.4, -0.2) is 6.04 Å². The van der Waals surface area contributed by atoms with Crippen molar-refractivity contribution in [3.63, 3.8) is 0 Å². The van der Waals surface area contributed by atoms with Gasteiger partial charge in [-0.25, -0.2) is 4.39 Å². The van der Waals surface area contributed by atoms with E-state index >= 15 is 0 Å². The summed E-state index contributed by atoms with van der Waals surface area (Å²) >= 11 is 5.83. The van der Waals surface area contributed by atoms with Crippen molar-refractivity contribution >= 4 is 11.6 Å². The molecular formula is C13H19ClFN. The van der Waals surface area contributed by atoms with E-state index < -0.39 is 0 Å². The zero-order valence-electron chi connectivity index (χ0n) is 9.89. The number of halogens is 2. The smallest absolute Gasteiger partial charge is 0.127 e. The number of nitrogens with one attached hydrogen (secondary N) is 1. The lowest BCUT2D eigenvalue weighted by Crippen LogP contribution is -2.28. The first-order chi connectivity index (χ1) is 7.67. The summed E-state index contributed by atoms with van der Waals surface area (Å²) in [6.07, 6.45) is 3.33. The van der Waals surface area contributed by atoms with Crippen LogP contribution >= 0.6 is 11.6 Å². The van der Waals surface area contributed by atoms with E-state index in [4.69, 9.17) is 11.6 Å². The van der Waals surface area contributed by atoms with Crippen LogP contribution in [0, 0.1) is 5.82 Å². The van der Waals surface area contributed by atoms with Crippen LogP contribution in [0.3, 0.4) is 0 Å². The first-order valence-corrected chi connectivity index (χ1v) is 6.22. The third kappa shape index (κ3) is 4.11. The van der Waals surface area contributed by atoms with Gasteiger partial charge in [0.05, 0.1) is 0 Å². The summed E-state index contributed by atoms with van der Waals surface area (Å²) in [5.41, 5.74) is 0.641. The summed E-state index contributed by atoms with van der Waals surface area (Å²) in [6, 6.07) is 5.13. The maximum Gasteiger partial charge on any atom is 0.127 e. The van der Waals surface area contributed by atoms with Gasteiger partial charge in [0.2, 0.25) is 0 Å². The second-order valence-electron chi connectivity index (χ2n) is 4.01. The summed E-state index contributed by atoms with van der Waals surface area (Å²) in [6.45, 7) is 4.84. The number of benzene rings is 1. The van der Waals surface area contributed by atoms with Crippen LogP contribution in [0.4, 0.5) is 4.39 Å². The molecule has 0 radical (unpaired) electrons. The minimum atomic E-state index is -0.191. The Bertz CT molecular complexity index is 328. The maximum atomic E-state index is 13.4. The molecule has 1 rings (SSSR count). The highest BCUT2D eigenvalue weighted by molar-refractivity contribution is 6.30. The molecule has 3 heteroatoms. The molecule has 0 aromatic heterocycles. The molecule has 16 heavy (non-hydrogen) atoms. The summed E-state index contributed by atoms with van der Waals surface area (Å²) < 4.78 is 13.4. The summed E-state index contributed by atoms with van der Waals surface area (Å²) in [4.78, 5) is 0. The molecule has 0 fully saturated rings. The SMILES string of the molecule is CCCC(CC)NCc1cc(Cl)ccc1F. The van der Waals surface area contributed by atoms with Crippen molar-refractivity contribution in [2.75, 3.05) is 0 Å². The molecule has 0 bridgehead atoms. The van der Waals surface area contributed by atoms with E-state index in [2.05, 4.69) is 19.2 Å². The van der Waals surface area contributed by atoms with Crippen LogP contribution in [-0.2, 0) is 6.54 Å². The molecule has 0 heterocycles. The number of hydrogen-bond acceptors (Lipinski definition) is 1. The molecule has 0 aliphatic rings. The minimum absolute atomic E-state index is 0.191. The quantitative estimate of drug-likeness (QED) is 0.792. The molecule has 0 aliphatic carbocycles. The van der Waals surface area contributed by atoms with Crippen molar-refractivity contribution in [1.29, 1.82) is 0 Å². The molecular weight excluding hydrogens is 225 g/mol. The molecule has 1 N–H and O–H groups in total. The second kappa shape index (κ2) is 6.87. The largest absolute Gasteiger partial charge is 0.310 e. The topological polar surface area (TPSA) is 12.0 Å². The van der Waals surface area contributed by atoms with Crippen molar-refractivity contribution in [2.24, 2.45) is 0 Å². The van der Waals surface area contributed by atoms with E-state index in [0.717, 1.165) is 19.3 Å². The number of hydrogen-bond donors (Lipinski definition) is 1. The molecule has 0 saturated heterocycles. The summed E-state index contributed by atoms with van der Waals surface area (Å²) in [5.74, 6) is -0.191. The first-order valence-electron chi connectivity index (χ1n) is 5.84. The zero-order valence-corrected chi connectivity index (χ0v) is 10.6. The monoisotopic (exact) mass is 243 g/mol. The fourth-order valence-electron chi connectivity index (χ4n) is 1.73. The molecule has 0 spiro atoms. The average Bonchev–Trinajstić information content (AvgIpc) is 2.28. The maximum absolute atomic E-state index is 13.4. The van der Waals surface area contributed by atoms with Crippen LogP contribution in [0.1, 0.15) is 38.7 Å². The minimum Gasteiger partial charge on any atom is -0.310 e. The van der Waals surface area contributed by atoms with Gasteiger partial charge >= 0.3 is 0 Å². The molecule has 1 aromatic rings. The van der Waals surface area contributed by atoms with Gasteiger partial charge in [0.15, 0.2) is 0 Å². The standard InChI is InChI=1S/C13H19ClFN/c1-3-5-12(4-2)16-9-10-8-11(14)6-7-13(10)15/h6-8,12,16H,3-5,9H2,1-2H3. The van der Waals surface area contributed by atoms with Crippen molar-refractivity contribution in [3.8, 4) is 0 Å². The molecule has 1 aromatic carbocycles. The Morgan fingerprint density at radius 3 is 2.75 bits per heavy atom. The third-order valence-corrected chi connectivity index (χ3v) is 2.95. The predicted octanol–water partition coefficient (Wildman–Crippen LogP) is 4.15. The van der Waals surface area contributed by atoms with E-state index in [1.165, 1.54) is 6.07 Å². The van der Waals surface area contributed by atoms with Crippen molar-refractivity contribution in [2.45, 2.75) is 45.7 Å². The third-order valence-electron chi connectivity index (χ3n) is 2.72. The average molecular weight is 244 g/mol. The number of rotatable bonds is 6. The highest BCUT2D eigenvalue weighted by Gasteiger charge is 2.07. The Morgan fingerprint density at radius 1 is 1.38 bits per heavy atom. The predicted molar refractivity (Wildman–Crippen MR) is 67.2 cm³/mol. The van der Waals surface area contributed by atoms with E-state index in [9.17, 15) is 4.39 Å². The van der Waals surface area contributed by atoms with Gasteiger partial charge in [0, 0.05) is 23.2 Å². The first kappa shape index (κ1) is 13.5. The van der Waals surface area contributed by atoms with Gasteiger partial charge in [-0.05, 0) is 31.0 Å². The van der Waals surface area contributed by atoms with E-state index in [1.807, 2.05) is 0 Å². The van der Waals surface area contributed by atoms with Gasteiger partial charge in [-0.15, -0.1) is 0 Å². The Hall–Kier alpha value is -0.600. The van der Waals surface area contributed by atoms with E-state index in [-0.39, 0.29) is 5.82 Å². The molecule has 1 unspecified atom stereocenters. The lowest BCUT2D eigenvalue weighted by molar-refractivity contribution is 0.455. The van der Waals surface area contributed by atoms with Gasteiger partial charge < -0.3 is 5.32 Å². The van der Waals surface area contributed by atoms with Crippen LogP contribution in [0.25, 0.3) is 0 Å². The van der Waals surface area contributed by atoms with Gasteiger partial charge in [-0.3, -0.25) is 0 Å². The fraction of sp³-hybridized carbons (Fsp3) is 0.538. The van der Waals surface area contributed by atoms with Crippen LogP contribution in [0.2, 0.25) is 5.02 Å². The zero-order chi connectivity index (χ0) is 12.0. The fourth-order valence-corrected chi connectivity index (χ4v) is 1.93. The molecule has 0 saturated carbocycles. The van der Waals surface area contributed by atoms with Crippen LogP contribution in [0.15, 0.2) is 18.2 Å². The molecule has 1 nitrogen and oxygen atoms in total. The highest BCUT2D eigenvalue weighted by atomic mass is 35.5. The van der Waals surface area contributed by atoms with E-state index in [1.54, 1.807) is 12.1 Å². The molecule has 90 valence electrons. The van der Waals surface area contributed by atoms with Gasteiger partial charge in [-0.2, -0.15) is 0 Å². The Balaban J connectivity index is 2.55. The lowest BCUT2D eigenvalue weighted by Gasteiger charge is -2.16. The highest BCUT2D eigenvalue weighted by Crippen LogP contribution is 2.15. The van der Waals surface area contributed by atoms with Gasteiger partial charge in [-0.1, -0.05) is 31.9 Å². The van der Waals surface area contributed by atoms with Crippen molar-refractivity contribution in [1.82, 2.24) is 5.32 Å². The summed E-state index contributed by atoms with van der Waals surface area (Å²) in [7, 11) is 0. The Labute approximate surface area is 102 Å². The van der Waals surface area contributed by atoms with Crippen LogP contribution < -0.4 is 5.32 Å². The van der Waals surface area contributed by atoms with Gasteiger partial charge in [0.1, 0.15) is 5.82 Å². The lowest BCUT2D eigenvalue weighted by atomic mass is 10.1. The molecule has 1 atom stereocenters. The van der Waals surface area contributed by atoms with Crippen molar-refractivity contribution in [3.05, 3.63) is 34.6 Å². The molecule has 0 aliphatic heterocycles. The normalized spacial score (nSPS) is 12.8. The molecule has 0 amide bonds.